The molecule has 3 aromatic carbocycles. The Balaban J connectivity index is 1.58. The Labute approximate surface area is 186 Å². The number of ether oxygens (including phenoxy) is 2. The third kappa shape index (κ3) is 2.07. The lowest BCUT2D eigenvalue weighted by molar-refractivity contribution is 0.409. The average molecular weight is 418 g/mol. The molecule has 0 saturated heterocycles. The fourth-order valence-corrected chi connectivity index (χ4v) is 5.51. The van der Waals surface area contributed by atoms with Crippen LogP contribution in [0.25, 0.3) is 6.08 Å². The summed E-state index contributed by atoms with van der Waals surface area (Å²) in [6, 6.07) is 21.1. The van der Waals surface area contributed by atoms with Crippen molar-refractivity contribution in [1.82, 2.24) is 4.57 Å². The van der Waals surface area contributed by atoms with Crippen LogP contribution in [0, 0.1) is 6.92 Å². The monoisotopic (exact) mass is 418 g/mol. The van der Waals surface area contributed by atoms with E-state index in [4.69, 9.17) is 9.47 Å². The van der Waals surface area contributed by atoms with Crippen molar-refractivity contribution in [3.8, 4) is 23.0 Å². The highest BCUT2D eigenvalue weighted by atomic mass is 16.5. The van der Waals surface area contributed by atoms with Crippen molar-refractivity contribution in [2.75, 3.05) is 4.90 Å². The van der Waals surface area contributed by atoms with Crippen molar-refractivity contribution >= 4 is 23.3 Å². The summed E-state index contributed by atoms with van der Waals surface area (Å²) in [6.07, 6.45) is 4.26. The fraction of sp³-hybridized carbons (Fsp3) is 0.143. The standard InChI is InChI=1S/C28H22N2O2/c1-4-8-17-15-24(29(3)16(17)2)30-18-9-5-11-20-25(18)28-26-19(30)10-6-12-21(26)32-23-14-7-13-22(31-20)27(23)28/h4-15,28H,1-3H3/b8-4-. The van der Waals surface area contributed by atoms with E-state index in [9.17, 15) is 0 Å². The highest BCUT2D eigenvalue weighted by Crippen LogP contribution is 2.64. The zero-order chi connectivity index (χ0) is 21.6. The number of aromatic nitrogens is 1. The third-order valence-corrected chi connectivity index (χ3v) is 7.02. The molecule has 0 saturated carbocycles. The third-order valence-electron chi connectivity index (χ3n) is 7.02. The van der Waals surface area contributed by atoms with E-state index < -0.39 is 0 Å². The van der Waals surface area contributed by atoms with Crippen LogP contribution in [0.5, 0.6) is 23.0 Å². The molecule has 0 fully saturated rings. The van der Waals surface area contributed by atoms with Gasteiger partial charge in [-0.05, 0) is 61.9 Å². The first-order valence-electron chi connectivity index (χ1n) is 11.0. The van der Waals surface area contributed by atoms with E-state index in [0.29, 0.717) is 0 Å². The summed E-state index contributed by atoms with van der Waals surface area (Å²) in [5, 5.41) is 0. The summed E-state index contributed by atoms with van der Waals surface area (Å²) in [5.74, 6) is 4.84. The second-order valence-electron chi connectivity index (χ2n) is 8.62. The first-order valence-corrected chi connectivity index (χ1v) is 11.0. The van der Waals surface area contributed by atoms with Gasteiger partial charge in [-0.15, -0.1) is 0 Å². The maximum Gasteiger partial charge on any atom is 0.135 e. The Morgan fingerprint density at radius 2 is 1.31 bits per heavy atom. The Morgan fingerprint density at radius 3 is 1.88 bits per heavy atom. The summed E-state index contributed by atoms with van der Waals surface area (Å²) >= 11 is 0. The molecule has 3 aliphatic heterocycles. The molecule has 0 aliphatic carbocycles. The summed E-state index contributed by atoms with van der Waals surface area (Å²) in [4.78, 5) is 2.36. The number of hydrogen-bond donors (Lipinski definition) is 0. The Morgan fingerprint density at radius 1 is 0.781 bits per heavy atom. The maximum absolute atomic E-state index is 6.41. The highest BCUT2D eigenvalue weighted by molar-refractivity contribution is 5.91. The molecule has 4 heteroatoms. The summed E-state index contributed by atoms with van der Waals surface area (Å²) in [5.41, 5.74) is 8.32. The lowest BCUT2D eigenvalue weighted by atomic mass is 9.76. The van der Waals surface area contributed by atoms with Gasteiger partial charge in [0.05, 0.1) is 17.3 Å². The smallest absolute Gasteiger partial charge is 0.135 e. The molecule has 7 rings (SSSR count). The molecule has 0 amide bonds. The van der Waals surface area contributed by atoms with E-state index >= 15 is 0 Å². The quantitative estimate of drug-likeness (QED) is 0.290. The van der Waals surface area contributed by atoms with Crippen LogP contribution < -0.4 is 14.4 Å². The van der Waals surface area contributed by atoms with E-state index in [0.717, 1.165) is 45.8 Å². The number of benzene rings is 3. The summed E-state index contributed by atoms with van der Waals surface area (Å²) in [6.45, 7) is 4.23. The minimum absolute atomic E-state index is 0.105. The zero-order valence-electron chi connectivity index (χ0n) is 18.2. The molecule has 0 unspecified atom stereocenters. The van der Waals surface area contributed by atoms with Crippen molar-refractivity contribution in [2.24, 2.45) is 7.05 Å². The Kier molecular flexibility index (Phi) is 3.36. The van der Waals surface area contributed by atoms with Gasteiger partial charge in [0.15, 0.2) is 0 Å². The summed E-state index contributed by atoms with van der Waals surface area (Å²) < 4.78 is 15.1. The van der Waals surface area contributed by atoms with Gasteiger partial charge in [0.1, 0.15) is 28.8 Å². The van der Waals surface area contributed by atoms with Crippen molar-refractivity contribution < 1.29 is 9.47 Å². The minimum atomic E-state index is 0.105. The molecule has 0 N–H and O–H groups in total. The molecule has 3 aliphatic rings. The van der Waals surface area contributed by atoms with Crippen LogP contribution in [0.15, 0.2) is 66.7 Å². The maximum atomic E-state index is 6.41. The van der Waals surface area contributed by atoms with Crippen LogP contribution >= 0.6 is 0 Å². The predicted octanol–water partition coefficient (Wildman–Crippen LogP) is 7.54. The van der Waals surface area contributed by atoms with Gasteiger partial charge in [-0.2, -0.15) is 0 Å². The molecule has 0 atom stereocenters. The van der Waals surface area contributed by atoms with Gasteiger partial charge in [-0.3, -0.25) is 4.90 Å². The predicted molar refractivity (Wildman–Crippen MR) is 127 cm³/mol. The number of nitrogens with zero attached hydrogens (tertiary/aromatic N) is 2. The number of rotatable bonds is 2. The van der Waals surface area contributed by atoms with E-state index in [1.807, 2.05) is 18.2 Å². The second kappa shape index (κ2) is 6.07. The molecular weight excluding hydrogens is 396 g/mol. The number of hydrogen-bond acceptors (Lipinski definition) is 3. The van der Waals surface area contributed by atoms with Crippen LogP contribution in [0.2, 0.25) is 0 Å². The van der Waals surface area contributed by atoms with E-state index in [1.165, 1.54) is 22.4 Å². The Bertz CT molecular complexity index is 1400. The van der Waals surface area contributed by atoms with E-state index in [1.54, 1.807) is 0 Å². The topological polar surface area (TPSA) is 26.6 Å². The van der Waals surface area contributed by atoms with Gasteiger partial charge in [0, 0.05) is 29.4 Å². The van der Waals surface area contributed by atoms with Crippen molar-refractivity contribution in [3.63, 3.8) is 0 Å². The van der Waals surface area contributed by atoms with Gasteiger partial charge in [-0.1, -0.05) is 30.4 Å². The number of anilines is 3. The lowest BCUT2D eigenvalue weighted by Gasteiger charge is -2.43. The lowest BCUT2D eigenvalue weighted by Crippen LogP contribution is -2.28. The SMILES string of the molecule is C/C=C\c1cc(N2c3cccc4c3C3c5c(cccc5Oc5cccc2c53)O4)n(C)c1C. The van der Waals surface area contributed by atoms with Gasteiger partial charge in [0.25, 0.3) is 0 Å². The zero-order valence-corrected chi connectivity index (χ0v) is 18.2. The molecule has 0 radical (unpaired) electrons. The largest absolute Gasteiger partial charge is 0.457 e. The first-order chi connectivity index (χ1) is 15.7. The van der Waals surface area contributed by atoms with Crippen molar-refractivity contribution in [2.45, 2.75) is 19.8 Å². The molecule has 156 valence electrons. The molecule has 1 aromatic heterocycles. The summed E-state index contributed by atoms with van der Waals surface area (Å²) in [7, 11) is 2.13. The molecular formula is C28H22N2O2. The van der Waals surface area contributed by atoms with Crippen molar-refractivity contribution in [1.29, 1.82) is 0 Å². The second-order valence-corrected chi connectivity index (χ2v) is 8.62. The van der Waals surface area contributed by atoms with Crippen LogP contribution in [0.4, 0.5) is 17.2 Å². The molecule has 4 nitrogen and oxygen atoms in total. The average Bonchev–Trinajstić information content (AvgIpc) is 3.08. The fourth-order valence-electron chi connectivity index (χ4n) is 5.51. The molecule has 0 bridgehead atoms. The van der Waals surface area contributed by atoms with Gasteiger partial charge in [-0.25, -0.2) is 0 Å². The minimum Gasteiger partial charge on any atom is -0.457 e. The van der Waals surface area contributed by atoms with Gasteiger partial charge >= 0.3 is 0 Å². The van der Waals surface area contributed by atoms with Gasteiger partial charge in [0.2, 0.25) is 0 Å². The molecule has 4 aromatic rings. The van der Waals surface area contributed by atoms with Crippen molar-refractivity contribution in [3.05, 3.63) is 94.7 Å². The van der Waals surface area contributed by atoms with Crippen LogP contribution in [-0.4, -0.2) is 4.57 Å². The van der Waals surface area contributed by atoms with Crippen LogP contribution in [0.1, 0.15) is 40.8 Å². The van der Waals surface area contributed by atoms with Gasteiger partial charge < -0.3 is 14.0 Å². The normalized spacial score (nSPS) is 14.9. The van der Waals surface area contributed by atoms with E-state index in [-0.39, 0.29) is 5.92 Å². The van der Waals surface area contributed by atoms with Crippen LogP contribution in [0.3, 0.4) is 0 Å². The molecule has 0 spiro atoms. The first kappa shape index (κ1) is 17.7. The highest BCUT2D eigenvalue weighted by Gasteiger charge is 2.44. The number of allylic oxidation sites excluding steroid dienone is 1. The van der Waals surface area contributed by atoms with E-state index in [2.05, 4.69) is 85.0 Å². The molecule has 4 heterocycles. The van der Waals surface area contributed by atoms with Crippen LogP contribution in [-0.2, 0) is 7.05 Å². The molecule has 32 heavy (non-hydrogen) atoms. The Hall–Kier alpha value is -3.92.